The van der Waals surface area contributed by atoms with Gasteiger partial charge in [-0.1, -0.05) is 18.2 Å². The van der Waals surface area contributed by atoms with E-state index in [1.807, 2.05) is 23.6 Å². The molecule has 0 aliphatic rings. The van der Waals surface area contributed by atoms with Crippen molar-refractivity contribution in [3.05, 3.63) is 53.3 Å². The van der Waals surface area contributed by atoms with Crippen LogP contribution >= 0.6 is 11.3 Å². The van der Waals surface area contributed by atoms with Gasteiger partial charge in [0.2, 0.25) is 5.88 Å². The zero-order chi connectivity index (χ0) is 13.9. The molecule has 0 saturated carbocycles. The Morgan fingerprint density at radius 3 is 3.00 bits per heavy atom. The van der Waals surface area contributed by atoms with Crippen LogP contribution in [0.15, 0.2) is 42.0 Å². The van der Waals surface area contributed by atoms with Gasteiger partial charge < -0.3 is 9.84 Å². The minimum Gasteiger partial charge on any atom is -0.481 e. The van der Waals surface area contributed by atoms with Gasteiger partial charge in [0.05, 0.1) is 18.9 Å². The van der Waals surface area contributed by atoms with Crippen LogP contribution in [0.3, 0.4) is 0 Å². The Kier molecular flexibility index (Phi) is 3.62. The number of aliphatic hydroxyl groups excluding tert-OH is 1. The summed E-state index contributed by atoms with van der Waals surface area (Å²) in [5.74, 6) is 0.511. The van der Waals surface area contributed by atoms with Gasteiger partial charge in [-0.05, 0) is 22.4 Å². The van der Waals surface area contributed by atoms with Crippen molar-refractivity contribution in [1.29, 1.82) is 0 Å². The Balaban J connectivity index is 1.87. The lowest BCUT2D eigenvalue weighted by atomic mass is 10.0. The predicted octanol–water partition coefficient (Wildman–Crippen LogP) is 2.98. The van der Waals surface area contributed by atoms with Crippen molar-refractivity contribution in [2.75, 3.05) is 7.11 Å². The molecule has 2 heterocycles. The number of rotatable bonds is 4. The maximum Gasteiger partial charge on any atom is 0.216 e. The first-order valence-corrected chi connectivity index (χ1v) is 7.15. The van der Waals surface area contributed by atoms with E-state index in [-0.39, 0.29) is 0 Å². The van der Waals surface area contributed by atoms with Gasteiger partial charge in [-0.15, -0.1) is 11.3 Å². The Hall–Kier alpha value is -1.98. The third-order valence-corrected chi connectivity index (χ3v) is 4.16. The van der Waals surface area contributed by atoms with Crippen molar-refractivity contribution < 1.29 is 9.84 Å². The van der Waals surface area contributed by atoms with Crippen LogP contribution in [-0.2, 0) is 6.42 Å². The number of aliphatic hydroxyl groups is 1. The number of aromatic nitrogens is 2. The van der Waals surface area contributed by atoms with Crippen LogP contribution in [0.4, 0.5) is 0 Å². The van der Waals surface area contributed by atoms with Crippen molar-refractivity contribution in [3.8, 4) is 5.88 Å². The Labute approximate surface area is 120 Å². The molecule has 1 N–H and O–H groups in total. The minimum absolute atomic E-state index is 0.444. The van der Waals surface area contributed by atoms with Crippen LogP contribution in [-0.4, -0.2) is 22.2 Å². The van der Waals surface area contributed by atoms with E-state index in [1.54, 1.807) is 24.5 Å². The summed E-state index contributed by atoms with van der Waals surface area (Å²) in [6.45, 7) is 0. The second-order valence-electron chi connectivity index (χ2n) is 4.46. The number of fused-ring (bicyclic) bond motifs is 1. The summed E-state index contributed by atoms with van der Waals surface area (Å²) in [6, 6.07) is 9.83. The highest BCUT2D eigenvalue weighted by atomic mass is 32.1. The van der Waals surface area contributed by atoms with Crippen LogP contribution in [0.25, 0.3) is 10.1 Å². The molecule has 3 rings (SSSR count). The number of ether oxygens (including phenoxy) is 1. The van der Waals surface area contributed by atoms with Gasteiger partial charge in [0.1, 0.15) is 6.33 Å². The number of thiophene rings is 1. The first kappa shape index (κ1) is 13.0. The number of benzene rings is 1. The van der Waals surface area contributed by atoms with Crippen LogP contribution < -0.4 is 4.74 Å². The first-order valence-electron chi connectivity index (χ1n) is 6.27. The van der Waals surface area contributed by atoms with E-state index in [0.717, 1.165) is 16.6 Å². The van der Waals surface area contributed by atoms with Crippen molar-refractivity contribution in [2.45, 2.75) is 12.5 Å². The summed E-state index contributed by atoms with van der Waals surface area (Å²) >= 11 is 1.64. The minimum atomic E-state index is -0.578. The Morgan fingerprint density at radius 1 is 1.30 bits per heavy atom. The number of hydrogen-bond donors (Lipinski definition) is 1. The molecule has 0 amide bonds. The maximum absolute atomic E-state index is 10.4. The fourth-order valence-corrected chi connectivity index (χ4v) is 3.17. The average Bonchev–Trinajstić information content (AvgIpc) is 2.91. The van der Waals surface area contributed by atoms with Crippen LogP contribution in [0.2, 0.25) is 0 Å². The van der Waals surface area contributed by atoms with Crippen LogP contribution in [0.5, 0.6) is 5.88 Å². The van der Waals surface area contributed by atoms with E-state index in [1.165, 1.54) is 11.0 Å². The summed E-state index contributed by atoms with van der Waals surface area (Å²) < 4.78 is 6.25. The molecule has 0 radical (unpaired) electrons. The fourth-order valence-electron chi connectivity index (χ4n) is 2.16. The summed E-state index contributed by atoms with van der Waals surface area (Å²) in [5, 5.41) is 13.5. The van der Waals surface area contributed by atoms with Gasteiger partial charge >= 0.3 is 0 Å². The molecule has 4 nitrogen and oxygen atoms in total. The Bertz CT molecular complexity index is 726. The molecular weight excluding hydrogens is 272 g/mol. The molecule has 0 spiro atoms. The molecule has 1 unspecified atom stereocenters. The Morgan fingerprint density at radius 2 is 2.15 bits per heavy atom. The lowest BCUT2D eigenvalue weighted by Gasteiger charge is -2.10. The lowest BCUT2D eigenvalue weighted by Crippen LogP contribution is -2.03. The van der Waals surface area contributed by atoms with Crippen LogP contribution in [0, 0.1) is 0 Å². The average molecular weight is 286 g/mol. The first-order chi connectivity index (χ1) is 9.78. The van der Waals surface area contributed by atoms with E-state index in [9.17, 15) is 5.11 Å². The van der Waals surface area contributed by atoms with Gasteiger partial charge in [0.25, 0.3) is 0 Å². The molecule has 0 fully saturated rings. The van der Waals surface area contributed by atoms with Gasteiger partial charge in [0.15, 0.2) is 0 Å². The summed E-state index contributed by atoms with van der Waals surface area (Å²) in [7, 11) is 1.56. The standard InChI is InChI=1S/C15H14N2O2S/c1-19-15-7-10(16-9-17-15)6-13(18)12-8-20-14-5-3-2-4-11(12)14/h2-5,7-9,13,18H,6H2,1H3. The van der Waals surface area contributed by atoms with Crippen molar-refractivity contribution >= 4 is 21.4 Å². The van der Waals surface area contributed by atoms with Crippen molar-refractivity contribution in [2.24, 2.45) is 0 Å². The zero-order valence-corrected chi connectivity index (χ0v) is 11.8. The van der Waals surface area contributed by atoms with Gasteiger partial charge in [-0.2, -0.15) is 0 Å². The number of nitrogens with zero attached hydrogens (tertiary/aromatic N) is 2. The van der Waals surface area contributed by atoms with Gasteiger partial charge in [-0.25, -0.2) is 9.97 Å². The van der Waals surface area contributed by atoms with E-state index in [4.69, 9.17) is 4.74 Å². The summed E-state index contributed by atoms with van der Waals surface area (Å²) in [5.41, 5.74) is 1.71. The highest BCUT2D eigenvalue weighted by molar-refractivity contribution is 7.17. The summed E-state index contributed by atoms with van der Waals surface area (Å²) in [6.07, 6.45) is 1.32. The fraction of sp³-hybridized carbons (Fsp3) is 0.200. The van der Waals surface area contributed by atoms with Crippen molar-refractivity contribution in [1.82, 2.24) is 9.97 Å². The number of methoxy groups -OCH3 is 1. The highest BCUT2D eigenvalue weighted by Crippen LogP contribution is 2.31. The monoisotopic (exact) mass is 286 g/mol. The quantitative estimate of drug-likeness (QED) is 0.801. The third-order valence-electron chi connectivity index (χ3n) is 3.18. The number of hydrogen-bond acceptors (Lipinski definition) is 5. The molecule has 5 heteroatoms. The molecule has 2 aromatic heterocycles. The third kappa shape index (κ3) is 2.50. The molecule has 0 aliphatic heterocycles. The molecule has 0 aliphatic carbocycles. The van der Waals surface area contributed by atoms with E-state index in [2.05, 4.69) is 16.0 Å². The second kappa shape index (κ2) is 5.56. The van der Waals surface area contributed by atoms with Crippen LogP contribution in [0.1, 0.15) is 17.4 Å². The van der Waals surface area contributed by atoms with E-state index >= 15 is 0 Å². The molecule has 0 bridgehead atoms. The smallest absolute Gasteiger partial charge is 0.216 e. The summed E-state index contributed by atoms with van der Waals surface area (Å²) in [4.78, 5) is 8.13. The molecule has 1 aromatic carbocycles. The van der Waals surface area contributed by atoms with Gasteiger partial charge in [-0.3, -0.25) is 0 Å². The normalized spacial score (nSPS) is 12.5. The maximum atomic E-state index is 10.4. The molecule has 0 saturated heterocycles. The van der Waals surface area contributed by atoms with Gasteiger partial charge in [0, 0.05) is 17.2 Å². The second-order valence-corrected chi connectivity index (χ2v) is 5.37. The molecule has 102 valence electrons. The SMILES string of the molecule is COc1cc(CC(O)c2csc3ccccc23)ncn1. The predicted molar refractivity (Wildman–Crippen MR) is 79.1 cm³/mol. The van der Waals surface area contributed by atoms with E-state index < -0.39 is 6.10 Å². The molecule has 3 aromatic rings. The van der Waals surface area contributed by atoms with Crippen molar-refractivity contribution in [3.63, 3.8) is 0 Å². The zero-order valence-electron chi connectivity index (χ0n) is 11.0. The topological polar surface area (TPSA) is 55.2 Å². The lowest BCUT2D eigenvalue weighted by molar-refractivity contribution is 0.179. The molecule has 20 heavy (non-hydrogen) atoms. The largest absolute Gasteiger partial charge is 0.481 e. The molecule has 1 atom stereocenters. The molecular formula is C15H14N2O2S. The highest BCUT2D eigenvalue weighted by Gasteiger charge is 2.14. The van der Waals surface area contributed by atoms with E-state index in [0.29, 0.717) is 12.3 Å².